The Balaban J connectivity index is 0.00000625. The third-order valence-corrected chi connectivity index (χ3v) is 3.87. The predicted octanol–water partition coefficient (Wildman–Crippen LogP) is 2.44. The molecule has 0 aromatic heterocycles. The van der Waals surface area contributed by atoms with Gasteiger partial charge in [-0.2, -0.15) is 0 Å². The molecule has 2 atom stereocenters. The van der Waals surface area contributed by atoms with Crippen LogP contribution in [0, 0.1) is 28.8 Å². The van der Waals surface area contributed by atoms with Gasteiger partial charge < -0.3 is 15.5 Å². The first-order valence-electron chi connectivity index (χ1n) is 7.74. The highest BCUT2D eigenvalue weighted by molar-refractivity contribution is 5.96. The molecule has 3 N–H and O–H groups in total. The highest BCUT2D eigenvalue weighted by atomic mass is 19.2. The van der Waals surface area contributed by atoms with E-state index in [1.165, 1.54) is 13.8 Å². The average Bonchev–Trinajstić information content (AvgIpc) is 2.54. The molecule has 0 spiro atoms. The van der Waals surface area contributed by atoms with Crippen LogP contribution in [0.2, 0.25) is 0 Å². The number of nitrogens with one attached hydrogen (secondary N) is 1. The summed E-state index contributed by atoms with van der Waals surface area (Å²) in [6.07, 6.45) is -1.65. The molecule has 0 heterocycles. The quantitative estimate of drug-likeness (QED) is 0.480. The summed E-state index contributed by atoms with van der Waals surface area (Å²) < 4.78 is 39.6. The van der Waals surface area contributed by atoms with Gasteiger partial charge in [0.2, 0.25) is 5.91 Å². The van der Waals surface area contributed by atoms with Crippen molar-refractivity contribution in [2.45, 2.75) is 40.7 Å². The van der Waals surface area contributed by atoms with E-state index >= 15 is 0 Å². The average molecular weight is 377 g/mol. The number of carbonyl (C=O) groups is 2. The Labute approximate surface area is 151 Å². The van der Waals surface area contributed by atoms with Gasteiger partial charge in [0.1, 0.15) is 11.9 Å². The molecule has 1 aromatic rings. The third kappa shape index (κ3) is 6.10. The zero-order chi connectivity index (χ0) is 19.4. The van der Waals surface area contributed by atoms with Gasteiger partial charge in [-0.3, -0.25) is 9.59 Å². The second kappa shape index (κ2) is 9.68. The normalized spacial score (nSPS) is 13.5. The number of Topliss-reactive ketones (excluding diaryl/α,β-unsaturated/α-hetero) is 1. The highest BCUT2D eigenvalue weighted by Gasteiger charge is 2.33. The molecule has 0 aliphatic rings. The molecule has 0 aliphatic heterocycles. The Kier molecular flexibility index (Phi) is 8.96. The van der Waals surface area contributed by atoms with Gasteiger partial charge in [-0.1, -0.05) is 28.2 Å². The van der Waals surface area contributed by atoms with Crippen LogP contribution in [0.1, 0.15) is 45.0 Å². The van der Waals surface area contributed by atoms with Crippen LogP contribution >= 0.6 is 0 Å². The smallest absolute Gasteiger partial charge is 0.249 e. The maximum absolute atomic E-state index is 13.6. The fourth-order valence-corrected chi connectivity index (χ4v) is 2.05. The first-order valence-corrected chi connectivity index (χ1v) is 7.74. The summed E-state index contributed by atoms with van der Waals surface area (Å²) in [6.45, 7) is 4.23. The molecule has 0 aliphatic carbocycles. The van der Waals surface area contributed by atoms with Crippen molar-refractivity contribution in [2.75, 3.05) is 13.2 Å². The number of halogens is 3. The zero-order valence-electron chi connectivity index (χ0n) is 14.3. The summed E-state index contributed by atoms with van der Waals surface area (Å²) in [6, 6.07) is 0.814. The van der Waals surface area contributed by atoms with Gasteiger partial charge in [0, 0.05) is 24.4 Å². The summed E-state index contributed by atoms with van der Waals surface area (Å²) in [4.78, 5) is 23.8. The van der Waals surface area contributed by atoms with Crippen LogP contribution < -0.4 is 5.32 Å². The molecule has 0 saturated carbocycles. The minimum atomic E-state index is -1.44. The van der Waals surface area contributed by atoms with Crippen LogP contribution in [0.4, 0.5) is 13.2 Å². The lowest BCUT2D eigenvalue weighted by atomic mass is 9.87. The van der Waals surface area contributed by atoms with Crippen molar-refractivity contribution in [2.24, 2.45) is 11.3 Å². The molecule has 0 fully saturated rings. The standard InChI is InChI=1S/C17H22F3NO4.CH4/c1-9(7-21-16(25)15(24)17(2,3)8-22)4-14(23)10-5-12(19)13(20)6-11(10)18;/h5-6,9,15,22,24H,4,7-8H2,1-3H3,(H,21,25);1H4/t9-,15-;/m1./s1. The van der Waals surface area contributed by atoms with Gasteiger partial charge in [0.15, 0.2) is 17.4 Å². The molecule has 0 radical (unpaired) electrons. The van der Waals surface area contributed by atoms with Gasteiger partial charge >= 0.3 is 0 Å². The molecule has 1 rings (SSSR count). The number of aliphatic hydroxyl groups is 2. The highest BCUT2D eigenvalue weighted by Crippen LogP contribution is 2.20. The molecular weight excluding hydrogens is 351 g/mol. The van der Waals surface area contributed by atoms with Crippen molar-refractivity contribution in [3.63, 3.8) is 0 Å². The maximum atomic E-state index is 13.6. The Morgan fingerprint density at radius 3 is 2.23 bits per heavy atom. The van der Waals surface area contributed by atoms with Crippen LogP contribution in [0.3, 0.4) is 0 Å². The summed E-state index contributed by atoms with van der Waals surface area (Å²) in [7, 11) is 0. The fourth-order valence-electron chi connectivity index (χ4n) is 2.05. The summed E-state index contributed by atoms with van der Waals surface area (Å²) in [5.74, 6) is -5.73. The minimum absolute atomic E-state index is 0. The first-order chi connectivity index (χ1) is 11.5. The Hall–Kier alpha value is -1.93. The van der Waals surface area contributed by atoms with E-state index in [0.29, 0.717) is 12.1 Å². The number of hydrogen-bond acceptors (Lipinski definition) is 4. The SMILES string of the molecule is C.C[C@@H](CNC(=O)[C@@H](O)C(C)(C)CO)CC(=O)c1cc(F)c(F)cc1F. The molecule has 1 aromatic carbocycles. The topological polar surface area (TPSA) is 86.6 Å². The van der Waals surface area contributed by atoms with Gasteiger partial charge in [-0.05, 0) is 12.0 Å². The van der Waals surface area contributed by atoms with Crippen molar-refractivity contribution < 1.29 is 33.0 Å². The first kappa shape index (κ1) is 24.1. The fraction of sp³-hybridized carbons (Fsp3) is 0.556. The molecule has 1 amide bonds. The largest absolute Gasteiger partial charge is 0.396 e. The van der Waals surface area contributed by atoms with Crippen molar-refractivity contribution in [3.05, 3.63) is 35.1 Å². The Morgan fingerprint density at radius 2 is 1.69 bits per heavy atom. The molecule has 0 saturated heterocycles. The zero-order valence-corrected chi connectivity index (χ0v) is 14.3. The minimum Gasteiger partial charge on any atom is -0.396 e. The van der Waals surface area contributed by atoms with E-state index in [2.05, 4.69) is 5.32 Å². The lowest BCUT2D eigenvalue weighted by Crippen LogP contribution is -2.46. The van der Waals surface area contributed by atoms with Gasteiger partial charge in [-0.15, -0.1) is 0 Å². The number of benzene rings is 1. The molecule has 0 unspecified atom stereocenters. The van der Waals surface area contributed by atoms with Crippen LogP contribution in [-0.4, -0.2) is 41.2 Å². The van der Waals surface area contributed by atoms with Crippen molar-refractivity contribution in [1.29, 1.82) is 0 Å². The number of ketones is 1. The van der Waals surface area contributed by atoms with Gasteiger partial charge in [-0.25, -0.2) is 13.2 Å². The number of rotatable bonds is 8. The van der Waals surface area contributed by atoms with Gasteiger partial charge in [0.05, 0.1) is 12.2 Å². The Bertz CT molecular complexity index is 650. The maximum Gasteiger partial charge on any atom is 0.249 e. The van der Waals surface area contributed by atoms with Crippen molar-refractivity contribution in [3.8, 4) is 0 Å². The van der Waals surface area contributed by atoms with E-state index in [-0.39, 0.29) is 20.4 Å². The van der Waals surface area contributed by atoms with E-state index in [1.54, 1.807) is 6.92 Å². The van der Waals surface area contributed by atoms with E-state index in [4.69, 9.17) is 5.11 Å². The van der Waals surface area contributed by atoms with Gasteiger partial charge in [0.25, 0.3) is 0 Å². The van der Waals surface area contributed by atoms with E-state index in [0.717, 1.165) is 0 Å². The Morgan fingerprint density at radius 1 is 1.15 bits per heavy atom. The monoisotopic (exact) mass is 377 g/mol. The second-order valence-corrected chi connectivity index (χ2v) is 6.77. The van der Waals surface area contributed by atoms with Crippen LogP contribution in [0.5, 0.6) is 0 Å². The molecule has 148 valence electrons. The molecule has 26 heavy (non-hydrogen) atoms. The number of hydrogen-bond donors (Lipinski definition) is 3. The van der Waals surface area contributed by atoms with E-state index in [9.17, 15) is 27.9 Å². The molecular formula is C18H26F3NO4. The lowest BCUT2D eigenvalue weighted by Gasteiger charge is -2.27. The number of amides is 1. The second-order valence-electron chi connectivity index (χ2n) is 6.77. The van der Waals surface area contributed by atoms with Crippen LogP contribution in [0.25, 0.3) is 0 Å². The van der Waals surface area contributed by atoms with Crippen molar-refractivity contribution >= 4 is 11.7 Å². The van der Waals surface area contributed by atoms with E-state index in [1.807, 2.05) is 0 Å². The molecule has 5 nitrogen and oxygen atoms in total. The lowest BCUT2D eigenvalue weighted by molar-refractivity contribution is -0.137. The number of carbonyl (C=O) groups excluding carboxylic acids is 2. The summed E-state index contributed by atoms with van der Waals surface area (Å²) in [5.41, 5.74) is -1.59. The molecule has 0 bridgehead atoms. The predicted molar refractivity (Wildman–Crippen MR) is 91.0 cm³/mol. The number of aliphatic hydroxyl groups excluding tert-OH is 2. The van der Waals surface area contributed by atoms with E-state index < -0.39 is 58.7 Å². The molecule has 8 heteroatoms. The van der Waals surface area contributed by atoms with Crippen molar-refractivity contribution in [1.82, 2.24) is 5.32 Å². The van der Waals surface area contributed by atoms with Crippen LogP contribution in [-0.2, 0) is 4.79 Å². The third-order valence-electron chi connectivity index (χ3n) is 3.87. The van der Waals surface area contributed by atoms with Crippen LogP contribution in [0.15, 0.2) is 12.1 Å². The summed E-state index contributed by atoms with van der Waals surface area (Å²) >= 11 is 0. The summed E-state index contributed by atoms with van der Waals surface area (Å²) in [5, 5.41) is 21.4.